The topological polar surface area (TPSA) is 79.3 Å². The van der Waals surface area contributed by atoms with Gasteiger partial charge in [-0.1, -0.05) is 36.9 Å². The van der Waals surface area contributed by atoms with Crippen LogP contribution in [0.4, 0.5) is 10.2 Å². The number of carbonyl (C=O) groups is 2. The molecule has 33 heavy (non-hydrogen) atoms. The third-order valence-corrected chi connectivity index (χ3v) is 5.89. The molecule has 7 nitrogen and oxygen atoms in total. The highest BCUT2D eigenvalue weighted by Crippen LogP contribution is 2.30. The molecule has 1 aliphatic heterocycles. The molecule has 1 aliphatic carbocycles. The van der Waals surface area contributed by atoms with Crippen LogP contribution >= 0.6 is 0 Å². The summed E-state index contributed by atoms with van der Waals surface area (Å²) in [4.78, 5) is 27.0. The molecule has 1 aromatic heterocycles. The van der Waals surface area contributed by atoms with Gasteiger partial charge in [-0.05, 0) is 31.9 Å². The second kappa shape index (κ2) is 9.44. The summed E-state index contributed by atoms with van der Waals surface area (Å²) in [5.74, 6) is -0.0616. The van der Waals surface area contributed by atoms with Crippen LogP contribution in [0, 0.1) is 11.7 Å². The molecule has 1 aromatic carbocycles. The zero-order chi connectivity index (χ0) is 23.5. The lowest BCUT2D eigenvalue weighted by Gasteiger charge is -2.29. The van der Waals surface area contributed by atoms with E-state index in [2.05, 4.69) is 22.3 Å². The molecule has 2 aliphatic rings. The fourth-order valence-corrected chi connectivity index (χ4v) is 3.82. The fraction of sp³-hybridized carbons (Fsp3) is 0.320. The van der Waals surface area contributed by atoms with E-state index in [1.807, 2.05) is 38.3 Å². The molecule has 2 heterocycles. The van der Waals surface area contributed by atoms with Crippen LogP contribution in [-0.2, 0) is 24.9 Å². The lowest BCUT2D eigenvalue weighted by molar-refractivity contribution is -0.122. The van der Waals surface area contributed by atoms with Crippen molar-refractivity contribution < 1.29 is 14.0 Å². The van der Waals surface area contributed by atoms with Crippen molar-refractivity contribution >= 4 is 17.6 Å². The van der Waals surface area contributed by atoms with E-state index in [1.54, 1.807) is 27.9 Å². The molecule has 2 aromatic rings. The fourth-order valence-electron chi connectivity index (χ4n) is 3.82. The average Bonchev–Trinajstić information content (AvgIpc) is 3.61. The summed E-state index contributed by atoms with van der Waals surface area (Å²) >= 11 is 0. The first kappa shape index (κ1) is 22.5. The number of nitrogens with one attached hydrogen (secondary N) is 2. The van der Waals surface area contributed by atoms with E-state index in [1.165, 1.54) is 6.07 Å². The minimum atomic E-state index is -0.521. The predicted molar refractivity (Wildman–Crippen MR) is 125 cm³/mol. The van der Waals surface area contributed by atoms with Gasteiger partial charge in [0.2, 0.25) is 5.91 Å². The molecule has 0 saturated heterocycles. The van der Waals surface area contributed by atoms with Gasteiger partial charge in [-0.25, -0.2) is 4.39 Å². The Morgan fingerprint density at radius 2 is 2.12 bits per heavy atom. The van der Waals surface area contributed by atoms with Crippen molar-refractivity contribution in [1.29, 1.82) is 0 Å². The van der Waals surface area contributed by atoms with Crippen LogP contribution in [0.2, 0.25) is 0 Å². The Balaban J connectivity index is 1.59. The van der Waals surface area contributed by atoms with Crippen LogP contribution in [0.3, 0.4) is 0 Å². The van der Waals surface area contributed by atoms with Crippen molar-refractivity contribution in [2.24, 2.45) is 13.0 Å². The summed E-state index contributed by atoms with van der Waals surface area (Å²) in [6, 6.07) is 3.95. The molecule has 1 fully saturated rings. The Hall–Kier alpha value is -3.68. The third-order valence-electron chi connectivity index (χ3n) is 5.89. The maximum absolute atomic E-state index is 14.8. The van der Waals surface area contributed by atoms with Crippen LogP contribution in [0.15, 0.2) is 61.0 Å². The molecule has 0 spiro atoms. The van der Waals surface area contributed by atoms with E-state index < -0.39 is 11.9 Å². The summed E-state index contributed by atoms with van der Waals surface area (Å²) in [5, 5.41) is 10.3. The Morgan fingerprint density at radius 3 is 2.82 bits per heavy atom. The van der Waals surface area contributed by atoms with E-state index in [9.17, 15) is 14.0 Å². The van der Waals surface area contributed by atoms with Crippen LogP contribution in [0.25, 0.3) is 0 Å². The van der Waals surface area contributed by atoms with Crippen molar-refractivity contribution in [2.45, 2.75) is 38.9 Å². The molecular formula is C25H28FN5O2. The summed E-state index contributed by atoms with van der Waals surface area (Å²) in [6.45, 7) is 6.44. The Morgan fingerprint density at radius 1 is 1.33 bits per heavy atom. The number of amides is 2. The first-order valence-corrected chi connectivity index (χ1v) is 11.0. The molecule has 1 saturated carbocycles. The number of carbonyl (C=O) groups excluding carboxylic acids is 2. The monoisotopic (exact) mass is 449 g/mol. The van der Waals surface area contributed by atoms with Crippen LogP contribution in [0.5, 0.6) is 0 Å². The Labute approximate surface area is 192 Å². The molecule has 0 radical (unpaired) electrons. The van der Waals surface area contributed by atoms with E-state index >= 15 is 0 Å². The highest BCUT2D eigenvalue weighted by molar-refractivity contribution is 5.95. The quantitative estimate of drug-likeness (QED) is 0.660. The molecule has 0 bridgehead atoms. The number of aromatic nitrogens is 2. The third kappa shape index (κ3) is 4.89. The van der Waals surface area contributed by atoms with Crippen molar-refractivity contribution in [3.63, 3.8) is 0 Å². The van der Waals surface area contributed by atoms with Crippen LogP contribution in [-0.4, -0.2) is 32.5 Å². The number of aryl methyl sites for hydroxylation is 1. The zero-order valence-electron chi connectivity index (χ0n) is 18.8. The van der Waals surface area contributed by atoms with Gasteiger partial charge in [-0.3, -0.25) is 14.3 Å². The van der Waals surface area contributed by atoms with E-state index in [4.69, 9.17) is 0 Å². The predicted octanol–water partition coefficient (Wildman–Crippen LogP) is 3.67. The molecule has 2 amide bonds. The number of halogens is 1. The van der Waals surface area contributed by atoms with Crippen LogP contribution < -0.4 is 10.6 Å². The number of rotatable bonds is 6. The van der Waals surface area contributed by atoms with Crippen molar-refractivity contribution in [3.05, 3.63) is 83.5 Å². The molecule has 2 N–H and O–H groups in total. The Bertz CT molecular complexity index is 1150. The maximum Gasteiger partial charge on any atom is 0.255 e. The highest BCUT2D eigenvalue weighted by Gasteiger charge is 2.31. The highest BCUT2D eigenvalue weighted by atomic mass is 19.1. The van der Waals surface area contributed by atoms with Gasteiger partial charge in [0, 0.05) is 41.9 Å². The van der Waals surface area contributed by atoms with E-state index in [-0.39, 0.29) is 29.8 Å². The smallest absolute Gasteiger partial charge is 0.255 e. The standard InChI is InChI=1S/C25H28FN5O2/c1-4-5-6-7-22-16(2)29-23-20(14-28-30(23)3)15-31(22)25(33)18-10-11-19(21(26)12-18)13-27-24(32)17-8-9-17/h4-7,10-12,14,17,22,29H,2,8-9,13,15H2,1,3H3,(H,27,32)/b5-4+,7-6?. The number of nitrogens with zero attached hydrogens (tertiary/aromatic N) is 3. The van der Waals surface area contributed by atoms with Gasteiger partial charge >= 0.3 is 0 Å². The van der Waals surface area contributed by atoms with E-state index in [0.29, 0.717) is 17.8 Å². The van der Waals surface area contributed by atoms with Crippen molar-refractivity contribution in [2.75, 3.05) is 5.32 Å². The van der Waals surface area contributed by atoms with Crippen LogP contribution in [0.1, 0.15) is 41.3 Å². The second-order valence-electron chi connectivity index (χ2n) is 8.38. The van der Waals surface area contributed by atoms with E-state index in [0.717, 1.165) is 24.2 Å². The number of allylic oxidation sites excluding steroid dienone is 3. The first-order valence-electron chi connectivity index (χ1n) is 11.0. The summed E-state index contributed by atoms with van der Waals surface area (Å²) < 4.78 is 16.5. The number of fused-ring (bicyclic) bond motifs is 1. The van der Waals surface area contributed by atoms with Crippen molar-refractivity contribution in [3.8, 4) is 0 Å². The second-order valence-corrected chi connectivity index (χ2v) is 8.38. The van der Waals surface area contributed by atoms with Crippen molar-refractivity contribution in [1.82, 2.24) is 20.0 Å². The van der Waals surface area contributed by atoms with Gasteiger partial charge in [-0.2, -0.15) is 5.10 Å². The van der Waals surface area contributed by atoms with Gasteiger partial charge in [0.25, 0.3) is 5.91 Å². The first-order chi connectivity index (χ1) is 15.9. The maximum atomic E-state index is 14.8. The molecule has 172 valence electrons. The lowest BCUT2D eigenvalue weighted by Crippen LogP contribution is -2.39. The molecule has 8 heteroatoms. The summed E-state index contributed by atoms with van der Waals surface area (Å²) in [6.07, 6.45) is 11.0. The van der Waals surface area contributed by atoms with Gasteiger partial charge in [0.05, 0.1) is 18.8 Å². The number of hydrogen-bond acceptors (Lipinski definition) is 4. The normalized spacial score (nSPS) is 18.3. The number of benzene rings is 1. The molecule has 4 rings (SSSR count). The molecular weight excluding hydrogens is 421 g/mol. The van der Waals surface area contributed by atoms with Gasteiger partial charge in [-0.15, -0.1) is 0 Å². The average molecular weight is 450 g/mol. The number of hydrogen-bond donors (Lipinski definition) is 2. The van der Waals surface area contributed by atoms with Gasteiger partial charge in [0.1, 0.15) is 11.6 Å². The SMILES string of the molecule is C=C1Nc2c(cnn2C)CN(C(=O)c2ccc(CNC(=O)C3CC3)c(F)c2)C1C=C/C=C/C. The summed E-state index contributed by atoms with van der Waals surface area (Å²) in [5.41, 5.74) is 2.04. The summed E-state index contributed by atoms with van der Waals surface area (Å²) in [7, 11) is 1.82. The molecule has 1 unspecified atom stereocenters. The molecule has 1 atom stereocenters. The zero-order valence-corrected chi connectivity index (χ0v) is 18.8. The lowest BCUT2D eigenvalue weighted by atomic mass is 10.1. The largest absolute Gasteiger partial charge is 0.352 e. The Kier molecular flexibility index (Phi) is 6.44. The number of anilines is 1. The van der Waals surface area contributed by atoms with Gasteiger partial charge < -0.3 is 15.5 Å². The minimum absolute atomic E-state index is 0.0480. The minimum Gasteiger partial charge on any atom is -0.352 e. The van der Waals surface area contributed by atoms with Gasteiger partial charge in [0.15, 0.2) is 0 Å².